The lowest BCUT2D eigenvalue weighted by Gasteiger charge is -2.36. The Morgan fingerprint density at radius 2 is 1.93 bits per heavy atom. The average Bonchev–Trinajstić information content (AvgIpc) is 3.71. The number of anilines is 3. The molecule has 3 aromatic heterocycles. The zero-order valence-electron chi connectivity index (χ0n) is 23.7. The van der Waals surface area contributed by atoms with E-state index in [0.29, 0.717) is 35.2 Å². The number of aromatic nitrogens is 3. The highest BCUT2D eigenvalue weighted by atomic mass is 32.2. The number of fused-ring (bicyclic) bond motifs is 1. The highest BCUT2D eigenvalue weighted by Gasteiger charge is 2.41. The van der Waals surface area contributed by atoms with Crippen molar-refractivity contribution >= 4 is 44.5 Å². The number of carbonyl (C=O) groups excluding carboxylic acids is 1. The fraction of sp³-hybridized carbons (Fsp3) is 0.500. The number of alkyl halides is 3. The Hall–Kier alpha value is -3.34. The molecule has 0 bridgehead atoms. The maximum Gasteiger partial charge on any atom is 0.420 e. The van der Waals surface area contributed by atoms with Gasteiger partial charge in [0.1, 0.15) is 16.3 Å². The second kappa shape index (κ2) is 10.9. The van der Waals surface area contributed by atoms with E-state index in [1.165, 1.54) is 4.90 Å². The predicted molar refractivity (Wildman–Crippen MR) is 157 cm³/mol. The molecule has 0 aromatic carbocycles. The third-order valence-electron chi connectivity index (χ3n) is 8.36. The van der Waals surface area contributed by atoms with Gasteiger partial charge in [-0.05, 0) is 43.4 Å². The summed E-state index contributed by atoms with van der Waals surface area (Å²) in [5.41, 5.74) is -0.0340. The minimum Gasteiger partial charge on any atom is -0.377 e. The summed E-state index contributed by atoms with van der Waals surface area (Å²) in [6, 6.07) is 3.20. The minimum atomic E-state index is -4.82. The molecule has 1 atom stereocenters. The van der Waals surface area contributed by atoms with E-state index < -0.39 is 33.2 Å². The highest BCUT2D eigenvalue weighted by Crippen LogP contribution is 2.46. The number of halogens is 3. The molecule has 234 valence electrons. The molecule has 1 aliphatic carbocycles. The van der Waals surface area contributed by atoms with Crippen LogP contribution in [-0.2, 0) is 20.8 Å². The van der Waals surface area contributed by atoms with Gasteiger partial charge in [0.2, 0.25) is 5.95 Å². The molecule has 11 nitrogen and oxygen atoms in total. The number of nitrogens with zero attached hydrogens (tertiary/aromatic N) is 5. The molecule has 7 rings (SSSR count). The van der Waals surface area contributed by atoms with Crippen molar-refractivity contribution in [1.82, 2.24) is 25.2 Å². The molecule has 0 unspecified atom stereocenters. The van der Waals surface area contributed by atoms with Gasteiger partial charge in [-0.3, -0.25) is 4.79 Å². The van der Waals surface area contributed by atoms with Crippen molar-refractivity contribution in [3.8, 4) is 10.6 Å². The summed E-state index contributed by atoms with van der Waals surface area (Å²) in [5.74, 6) is 0.174. The fourth-order valence-electron chi connectivity index (χ4n) is 5.75. The van der Waals surface area contributed by atoms with E-state index in [9.17, 15) is 26.4 Å². The molecule has 6 heterocycles. The van der Waals surface area contributed by atoms with E-state index >= 15 is 0 Å². The van der Waals surface area contributed by atoms with Crippen LogP contribution in [0.4, 0.5) is 30.6 Å². The van der Waals surface area contributed by atoms with Crippen molar-refractivity contribution in [2.24, 2.45) is 0 Å². The minimum absolute atomic E-state index is 0.00880. The Morgan fingerprint density at radius 1 is 1.14 bits per heavy atom. The molecular weight excluding hydrogens is 619 g/mol. The molecule has 0 radical (unpaired) electrons. The van der Waals surface area contributed by atoms with Gasteiger partial charge in [0.05, 0.1) is 52.4 Å². The van der Waals surface area contributed by atoms with Crippen molar-refractivity contribution in [3.05, 3.63) is 40.5 Å². The summed E-state index contributed by atoms with van der Waals surface area (Å²) in [6.07, 6.45) is -0.500. The maximum absolute atomic E-state index is 14.2. The van der Waals surface area contributed by atoms with E-state index in [1.54, 1.807) is 6.20 Å². The van der Waals surface area contributed by atoms with Crippen molar-refractivity contribution in [2.75, 3.05) is 55.4 Å². The third-order valence-corrected chi connectivity index (χ3v) is 11.3. The first-order valence-corrected chi connectivity index (χ1v) is 16.9. The summed E-state index contributed by atoms with van der Waals surface area (Å²) in [6.45, 7) is 5.14. The lowest BCUT2D eigenvalue weighted by atomic mass is 10.1. The Kier molecular flexibility index (Phi) is 7.29. The number of nitrogens with one attached hydrogen (secondary N) is 2. The topological polar surface area (TPSA) is 130 Å². The molecule has 3 aliphatic heterocycles. The average molecular weight is 650 g/mol. The Bertz CT molecular complexity index is 1720. The first kappa shape index (κ1) is 29.4. The molecule has 1 amide bonds. The second-order valence-electron chi connectivity index (χ2n) is 11.6. The van der Waals surface area contributed by atoms with Crippen LogP contribution in [0.1, 0.15) is 46.5 Å². The molecule has 3 aromatic rings. The summed E-state index contributed by atoms with van der Waals surface area (Å²) in [5, 5.41) is 6.48. The predicted octanol–water partition coefficient (Wildman–Crippen LogP) is 3.67. The van der Waals surface area contributed by atoms with Gasteiger partial charge in [-0.25, -0.2) is 23.4 Å². The fourth-order valence-corrected chi connectivity index (χ4v) is 8.67. The van der Waals surface area contributed by atoms with Crippen LogP contribution >= 0.6 is 11.3 Å². The second-order valence-corrected chi connectivity index (χ2v) is 14.7. The molecule has 1 saturated carbocycles. The third kappa shape index (κ3) is 5.52. The summed E-state index contributed by atoms with van der Waals surface area (Å²) in [4.78, 5) is 29.4. The lowest BCUT2D eigenvalue weighted by Crippen LogP contribution is -2.52. The first-order valence-electron chi connectivity index (χ1n) is 14.4. The zero-order chi connectivity index (χ0) is 30.8. The zero-order valence-corrected chi connectivity index (χ0v) is 25.4. The van der Waals surface area contributed by atoms with Gasteiger partial charge in [0.15, 0.2) is 9.84 Å². The van der Waals surface area contributed by atoms with Crippen molar-refractivity contribution in [1.29, 1.82) is 0 Å². The van der Waals surface area contributed by atoms with Crippen LogP contribution < -0.4 is 15.5 Å². The Labute approximate surface area is 255 Å². The smallest absolute Gasteiger partial charge is 0.377 e. The van der Waals surface area contributed by atoms with Crippen LogP contribution in [0.3, 0.4) is 0 Å². The highest BCUT2D eigenvalue weighted by molar-refractivity contribution is 7.91. The number of hydrogen-bond donors (Lipinski definition) is 2. The number of carbonyl (C=O) groups is 1. The van der Waals surface area contributed by atoms with E-state index in [-0.39, 0.29) is 52.2 Å². The number of sulfone groups is 1. The molecule has 44 heavy (non-hydrogen) atoms. The van der Waals surface area contributed by atoms with Gasteiger partial charge in [0.25, 0.3) is 5.91 Å². The van der Waals surface area contributed by atoms with Crippen LogP contribution in [0.2, 0.25) is 0 Å². The van der Waals surface area contributed by atoms with Gasteiger partial charge >= 0.3 is 6.18 Å². The first-order chi connectivity index (χ1) is 21.0. The summed E-state index contributed by atoms with van der Waals surface area (Å²) >= 11 is 0.697. The van der Waals surface area contributed by atoms with E-state index in [4.69, 9.17) is 4.74 Å². The molecule has 4 aliphatic rings. The van der Waals surface area contributed by atoms with Gasteiger partial charge in [-0.1, -0.05) is 0 Å². The summed E-state index contributed by atoms with van der Waals surface area (Å²) in [7, 11) is -3.93. The molecule has 3 fully saturated rings. The van der Waals surface area contributed by atoms with Crippen LogP contribution in [0, 0.1) is 0 Å². The number of pyridine rings is 1. The monoisotopic (exact) mass is 649 g/mol. The molecular formula is C28H30F3N7O4S2. The van der Waals surface area contributed by atoms with E-state index in [1.807, 2.05) is 6.07 Å². The lowest BCUT2D eigenvalue weighted by molar-refractivity contribution is -0.137. The van der Waals surface area contributed by atoms with Crippen molar-refractivity contribution in [2.45, 2.75) is 48.8 Å². The van der Waals surface area contributed by atoms with Gasteiger partial charge in [-0.2, -0.15) is 13.2 Å². The van der Waals surface area contributed by atoms with Crippen LogP contribution in [-0.4, -0.2) is 91.4 Å². The number of rotatable bonds is 6. The SMILES string of the molecule is C[C@@H]1CN(c2cc(C3CC3)c(Nc3ncc(C(F)(F)F)c(-c4cc5c(s4)C(=O)N(C4COC4)CCS5(=O)=O)n3)cn2)CCN1. The van der Waals surface area contributed by atoms with E-state index in [0.717, 1.165) is 49.9 Å². The molecule has 2 N–H and O–H groups in total. The number of amides is 1. The van der Waals surface area contributed by atoms with Crippen LogP contribution in [0.25, 0.3) is 10.6 Å². The van der Waals surface area contributed by atoms with Gasteiger partial charge < -0.3 is 25.2 Å². The molecule has 2 saturated heterocycles. The van der Waals surface area contributed by atoms with Crippen LogP contribution in [0.5, 0.6) is 0 Å². The van der Waals surface area contributed by atoms with E-state index in [2.05, 4.69) is 37.4 Å². The summed E-state index contributed by atoms with van der Waals surface area (Å²) < 4.78 is 74.0. The standard InChI is InChI=1S/C28H30F3N7O4S2/c1-15-12-37(5-4-32-15)23-8-18(16-2-3-16)20(11-33-23)35-27-34-10-19(28(29,30)31)24(36-27)21-9-22-25(43-21)26(39)38(17-13-42-14-17)6-7-44(22,40)41/h8-11,15-17,32H,2-7,12-14H2,1H3,(H,34,35,36)/t15-/m1/s1. The normalized spacial score (nSPS) is 22.4. The van der Waals surface area contributed by atoms with Crippen molar-refractivity contribution < 1.29 is 31.1 Å². The largest absolute Gasteiger partial charge is 0.420 e. The molecule has 0 spiro atoms. The number of piperazine rings is 1. The number of thiophene rings is 1. The maximum atomic E-state index is 14.2. The van der Waals surface area contributed by atoms with Gasteiger partial charge in [0, 0.05) is 38.4 Å². The Balaban J connectivity index is 1.25. The number of hydrogen-bond acceptors (Lipinski definition) is 11. The Morgan fingerprint density at radius 3 is 2.61 bits per heavy atom. The van der Waals surface area contributed by atoms with Crippen LogP contribution in [0.15, 0.2) is 29.4 Å². The molecule has 16 heteroatoms. The van der Waals surface area contributed by atoms with Gasteiger partial charge in [-0.15, -0.1) is 11.3 Å². The number of ether oxygens (including phenoxy) is 1. The quantitative estimate of drug-likeness (QED) is 0.408. The van der Waals surface area contributed by atoms with Crippen molar-refractivity contribution in [3.63, 3.8) is 0 Å².